The van der Waals surface area contributed by atoms with Crippen LogP contribution in [-0.2, 0) is 9.53 Å². The van der Waals surface area contributed by atoms with E-state index >= 15 is 0 Å². The summed E-state index contributed by atoms with van der Waals surface area (Å²) in [5.41, 5.74) is 1.10. The molecule has 26 heavy (non-hydrogen) atoms. The van der Waals surface area contributed by atoms with Crippen LogP contribution in [0.15, 0.2) is 24.3 Å². The standard InChI is InChI=1S/C18H21ClN2O4S/c1-3-10-25-14(18(23)24)8-9-20-16(22)15-11(2)26-17(21-15)12-6-4-5-7-13(12)19/h4-7,14H,3,8-10H2,1-2H3,(H,20,22)(H,23,24). The highest BCUT2D eigenvalue weighted by Gasteiger charge is 2.20. The highest BCUT2D eigenvalue weighted by molar-refractivity contribution is 7.15. The fourth-order valence-electron chi connectivity index (χ4n) is 2.30. The summed E-state index contributed by atoms with van der Waals surface area (Å²) in [7, 11) is 0. The highest BCUT2D eigenvalue weighted by Crippen LogP contribution is 2.32. The van der Waals surface area contributed by atoms with E-state index in [0.29, 0.717) is 22.3 Å². The van der Waals surface area contributed by atoms with E-state index in [-0.39, 0.29) is 18.9 Å². The number of rotatable bonds is 9. The molecule has 1 heterocycles. The van der Waals surface area contributed by atoms with E-state index in [4.69, 9.17) is 21.4 Å². The summed E-state index contributed by atoms with van der Waals surface area (Å²) in [6.45, 7) is 4.29. The Morgan fingerprint density at radius 1 is 1.38 bits per heavy atom. The van der Waals surface area contributed by atoms with Crippen molar-refractivity contribution in [2.45, 2.75) is 32.8 Å². The van der Waals surface area contributed by atoms with Gasteiger partial charge in [0, 0.05) is 30.0 Å². The summed E-state index contributed by atoms with van der Waals surface area (Å²) in [6.07, 6.45) is 0.00567. The zero-order valence-corrected chi connectivity index (χ0v) is 16.2. The minimum absolute atomic E-state index is 0.192. The van der Waals surface area contributed by atoms with E-state index < -0.39 is 12.1 Å². The second kappa shape index (κ2) is 9.66. The number of aliphatic carboxylic acids is 1. The highest BCUT2D eigenvalue weighted by atomic mass is 35.5. The molecular weight excluding hydrogens is 376 g/mol. The molecule has 1 atom stereocenters. The minimum atomic E-state index is -1.03. The Hall–Kier alpha value is -1.96. The largest absolute Gasteiger partial charge is 0.479 e. The van der Waals surface area contributed by atoms with Crippen molar-refractivity contribution in [2.24, 2.45) is 0 Å². The maximum atomic E-state index is 12.4. The minimum Gasteiger partial charge on any atom is -0.479 e. The van der Waals surface area contributed by atoms with E-state index in [2.05, 4.69) is 10.3 Å². The van der Waals surface area contributed by atoms with Gasteiger partial charge in [0.1, 0.15) is 10.7 Å². The Bertz CT molecular complexity index is 778. The van der Waals surface area contributed by atoms with Crippen molar-refractivity contribution in [3.8, 4) is 10.6 Å². The number of hydrogen-bond donors (Lipinski definition) is 2. The van der Waals surface area contributed by atoms with Crippen molar-refractivity contribution in [1.29, 1.82) is 0 Å². The molecule has 0 saturated heterocycles. The van der Waals surface area contributed by atoms with Crippen molar-refractivity contribution in [3.05, 3.63) is 39.9 Å². The zero-order chi connectivity index (χ0) is 19.1. The van der Waals surface area contributed by atoms with E-state index in [9.17, 15) is 9.59 Å². The first-order valence-electron chi connectivity index (χ1n) is 8.29. The Morgan fingerprint density at radius 2 is 2.12 bits per heavy atom. The summed E-state index contributed by atoms with van der Waals surface area (Å²) in [5, 5.41) is 13.1. The molecule has 2 aromatic rings. The third-order valence-corrected chi connectivity index (χ3v) is 4.94. The van der Waals surface area contributed by atoms with E-state index in [0.717, 1.165) is 16.9 Å². The molecular formula is C18H21ClN2O4S. The van der Waals surface area contributed by atoms with Gasteiger partial charge in [-0.15, -0.1) is 11.3 Å². The molecule has 140 valence electrons. The molecule has 1 unspecified atom stereocenters. The molecule has 0 aliphatic heterocycles. The average molecular weight is 397 g/mol. The Balaban J connectivity index is 2.00. The number of benzene rings is 1. The fraction of sp³-hybridized carbons (Fsp3) is 0.389. The van der Waals surface area contributed by atoms with Gasteiger partial charge in [0.25, 0.3) is 5.91 Å². The first kappa shape index (κ1) is 20.4. The van der Waals surface area contributed by atoms with Crippen LogP contribution in [0.4, 0.5) is 0 Å². The van der Waals surface area contributed by atoms with Crippen LogP contribution in [0.3, 0.4) is 0 Å². The van der Waals surface area contributed by atoms with Gasteiger partial charge in [0.2, 0.25) is 0 Å². The van der Waals surface area contributed by atoms with Crippen LogP contribution < -0.4 is 5.32 Å². The van der Waals surface area contributed by atoms with Crippen LogP contribution in [0, 0.1) is 6.92 Å². The second-order valence-corrected chi connectivity index (χ2v) is 7.26. The van der Waals surface area contributed by atoms with Gasteiger partial charge in [-0.2, -0.15) is 0 Å². The van der Waals surface area contributed by atoms with Gasteiger partial charge in [-0.05, 0) is 19.4 Å². The number of thiazole rings is 1. The molecule has 0 saturated carbocycles. The van der Waals surface area contributed by atoms with Crippen LogP contribution in [0.2, 0.25) is 5.02 Å². The van der Waals surface area contributed by atoms with Crippen molar-refractivity contribution < 1.29 is 19.4 Å². The molecule has 1 aromatic carbocycles. The topological polar surface area (TPSA) is 88.5 Å². The van der Waals surface area contributed by atoms with Crippen LogP contribution in [0.1, 0.15) is 35.1 Å². The van der Waals surface area contributed by atoms with Crippen LogP contribution in [0.5, 0.6) is 0 Å². The summed E-state index contributed by atoms with van der Waals surface area (Å²) in [5.74, 6) is -1.37. The Morgan fingerprint density at radius 3 is 2.77 bits per heavy atom. The number of ether oxygens (including phenoxy) is 1. The number of amides is 1. The number of nitrogens with one attached hydrogen (secondary N) is 1. The molecule has 0 radical (unpaired) electrons. The van der Waals surface area contributed by atoms with Crippen molar-refractivity contribution in [3.63, 3.8) is 0 Å². The van der Waals surface area contributed by atoms with Gasteiger partial charge in [0.05, 0.1) is 5.02 Å². The third kappa shape index (κ3) is 5.27. The second-order valence-electron chi connectivity index (χ2n) is 5.65. The van der Waals surface area contributed by atoms with Crippen molar-refractivity contribution >= 4 is 34.8 Å². The van der Waals surface area contributed by atoms with E-state index in [1.54, 1.807) is 6.07 Å². The molecule has 2 rings (SSSR count). The van der Waals surface area contributed by atoms with Crippen molar-refractivity contribution in [1.82, 2.24) is 10.3 Å². The summed E-state index contributed by atoms with van der Waals surface area (Å²) < 4.78 is 5.26. The number of carboxylic acids is 1. The number of hydrogen-bond acceptors (Lipinski definition) is 5. The zero-order valence-electron chi connectivity index (χ0n) is 14.6. The van der Waals surface area contributed by atoms with Gasteiger partial charge in [-0.1, -0.05) is 36.7 Å². The number of nitrogens with zero attached hydrogens (tertiary/aromatic N) is 1. The molecule has 0 spiro atoms. The molecule has 1 aromatic heterocycles. The number of aromatic nitrogens is 1. The smallest absolute Gasteiger partial charge is 0.332 e. The van der Waals surface area contributed by atoms with E-state index in [1.807, 2.05) is 32.0 Å². The lowest BCUT2D eigenvalue weighted by Gasteiger charge is -2.13. The molecule has 0 aliphatic carbocycles. The average Bonchev–Trinajstić information content (AvgIpc) is 2.99. The fourth-order valence-corrected chi connectivity index (χ4v) is 3.53. The third-order valence-electron chi connectivity index (χ3n) is 3.61. The predicted molar refractivity (Wildman–Crippen MR) is 102 cm³/mol. The summed E-state index contributed by atoms with van der Waals surface area (Å²) in [6, 6.07) is 7.32. The van der Waals surface area contributed by atoms with Gasteiger partial charge in [0.15, 0.2) is 6.10 Å². The SMILES string of the molecule is CCCOC(CCNC(=O)c1nc(-c2ccccc2Cl)sc1C)C(=O)O. The van der Waals surface area contributed by atoms with Crippen LogP contribution >= 0.6 is 22.9 Å². The summed E-state index contributed by atoms with van der Waals surface area (Å²) >= 11 is 7.58. The molecule has 8 heteroatoms. The Kier molecular flexibility index (Phi) is 7.56. The number of halogens is 1. The lowest BCUT2D eigenvalue weighted by Crippen LogP contribution is -2.32. The monoisotopic (exact) mass is 396 g/mol. The first-order chi connectivity index (χ1) is 12.4. The number of carbonyl (C=O) groups is 2. The van der Waals surface area contributed by atoms with Gasteiger partial charge in [-0.3, -0.25) is 4.79 Å². The summed E-state index contributed by atoms with van der Waals surface area (Å²) in [4.78, 5) is 28.7. The number of carboxylic acid groups (broad SMARTS) is 1. The normalized spacial score (nSPS) is 12.0. The predicted octanol–water partition coefficient (Wildman–Crippen LogP) is 3.77. The molecule has 6 nitrogen and oxygen atoms in total. The van der Waals surface area contributed by atoms with Gasteiger partial charge >= 0.3 is 5.97 Å². The quantitative estimate of drug-likeness (QED) is 0.673. The number of aryl methyl sites for hydroxylation is 1. The van der Waals surface area contributed by atoms with Crippen LogP contribution in [-0.4, -0.2) is 41.2 Å². The lowest BCUT2D eigenvalue weighted by atomic mass is 10.2. The molecule has 0 bridgehead atoms. The van der Waals surface area contributed by atoms with Gasteiger partial charge < -0.3 is 15.2 Å². The molecule has 1 amide bonds. The first-order valence-corrected chi connectivity index (χ1v) is 9.48. The van der Waals surface area contributed by atoms with Crippen molar-refractivity contribution in [2.75, 3.05) is 13.2 Å². The Labute approximate surface area is 161 Å². The lowest BCUT2D eigenvalue weighted by molar-refractivity contribution is -0.150. The maximum Gasteiger partial charge on any atom is 0.332 e. The maximum absolute atomic E-state index is 12.4. The van der Waals surface area contributed by atoms with Crippen LogP contribution in [0.25, 0.3) is 10.6 Å². The molecule has 0 fully saturated rings. The molecule has 0 aliphatic rings. The van der Waals surface area contributed by atoms with E-state index in [1.165, 1.54) is 11.3 Å². The molecule has 2 N–H and O–H groups in total. The van der Waals surface area contributed by atoms with Gasteiger partial charge in [-0.25, -0.2) is 9.78 Å². The number of carbonyl (C=O) groups excluding carboxylic acids is 1.